The Hall–Kier alpha value is -2.96. The number of hydrogen-bond donors (Lipinski definition) is 3. The Morgan fingerprint density at radius 1 is 1.14 bits per heavy atom. The Morgan fingerprint density at radius 3 is 2.90 bits per heavy atom. The Bertz CT molecular complexity index is 713. The lowest BCUT2D eigenvalue weighted by Crippen LogP contribution is -1.96. The molecular weight excluding hydrogens is 268 g/mol. The molecule has 0 atom stereocenters. The van der Waals surface area contributed by atoms with Crippen molar-refractivity contribution in [2.45, 2.75) is 12.8 Å². The number of H-pyrrole nitrogens is 1. The summed E-state index contributed by atoms with van der Waals surface area (Å²) >= 11 is 0. The number of aromatic hydroxyl groups is 1. The van der Waals surface area contributed by atoms with Crippen LogP contribution in [-0.4, -0.2) is 30.7 Å². The Labute approximate surface area is 121 Å². The maximum Gasteiger partial charge on any atom is 0.148 e. The number of tetrazole rings is 1. The summed E-state index contributed by atoms with van der Waals surface area (Å²) in [5.41, 5.74) is 2.08. The van der Waals surface area contributed by atoms with E-state index in [4.69, 9.17) is 0 Å². The third-order valence-corrected chi connectivity index (χ3v) is 2.98. The molecule has 3 rings (SSSR count). The predicted octanol–water partition coefficient (Wildman–Crippen LogP) is 1.83. The smallest absolute Gasteiger partial charge is 0.148 e. The number of hydrogen-bond acceptors (Lipinski definition) is 6. The molecule has 7 nitrogen and oxygen atoms in total. The van der Waals surface area contributed by atoms with E-state index < -0.39 is 0 Å². The van der Waals surface area contributed by atoms with Crippen LogP contribution in [0.2, 0.25) is 0 Å². The molecule has 0 aliphatic rings. The van der Waals surface area contributed by atoms with Gasteiger partial charge < -0.3 is 10.4 Å². The summed E-state index contributed by atoms with van der Waals surface area (Å²) in [6, 6.07) is 11.1. The first-order chi connectivity index (χ1) is 10.3. The van der Waals surface area contributed by atoms with E-state index in [0.29, 0.717) is 5.82 Å². The molecule has 106 valence electrons. The fourth-order valence-electron chi connectivity index (χ4n) is 1.99. The van der Waals surface area contributed by atoms with E-state index >= 15 is 0 Å². The largest absolute Gasteiger partial charge is 0.508 e. The quantitative estimate of drug-likeness (QED) is 0.660. The molecule has 21 heavy (non-hydrogen) atoms. The van der Waals surface area contributed by atoms with Crippen LogP contribution in [0.3, 0.4) is 0 Å². The lowest BCUT2D eigenvalue weighted by Gasteiger charge is -2.07. The molecule has 3 N–H and O–H groups in total. The van der Waals surface area contributed by atoms with Gasteiger partial charge in [-0.05, 0) is 40.6 Å². The van der Waals surface area contributed by atoms with Gasteiger partial charge in [0.1, 0.15) is 17.4 Å². The zero-order valence-electron chi connectivity index (χ0n) is 11.2. The summed E-state index contributed by atoms with van der Waals surface area (Å²) in [5, 5.41) is 26.3. The van der Waals surface area contributed by atoms with Gasteiger partial charge in [-0.3, -0.25) is 0 Å². The van der Waals surface area contributed by atoms with E-state index in [1.165, 1.54) is 6.07 Å². The number of nitrogens with one attached hydrogen (secondary N) is 2. The molecule has 0 aliphatic carbocycles. The summed E-state index contributed by atoms with van der Waals surface area (Å²) < 4.78 is 0. The third-order valence-electron chi connectivity index (χ3n) is 2.98. The zero-order valence-corrected chi connectivity index (χ0v) is 11.2. The van der Waals surface area contributed by atoms with Gasteiger partial charge in [0.15, 0.2) is 0 Å². The number of benzene rings is 1. The highest BCUT2D eigenvalue weighted by molar-refractivity contribution is 5.58. The lowest BCUT2D eigenvalue weighted by molar-refractivity contribution is 0.475. The minimum atomic E-state index is 0.182. The normalized spacial score (nSPS) is 10.5. The third kappa shape index (κ3) is 3.53. The average Bonchev–Trinajstić information content (AvgIpc) is 2.99. The minimum Gasteiger partial charge on any atom is -0.508 e. The van der Waals surface area contributed by atoms with Gasteiger partial charge in [-0.25, -0.2) is 10.1 Å². The van der Waals surface area contributed by atoms with Crippen LogP contribution in [0.4, 0.5) is 11.5 Å². The van der Waals surface area contributed by atoms with Crippen LogP contribution in [0, 0.1) is 0 Å². The van der Waals surface area contributed by atoms with E-state index in [0.717, 1.165) is 29.9 Å². The average molecular weight is 282 g/mol. The SMILES string of the molecule is Oc1ccnc(Nc2cccc(CCc3nnn[nH]3)c2)c1. The van der Waals surface area contributed by atoms with Crippen LogP contribution < -0.4 is 5.32 Å². The molecule has 2 aromatic heterocycles. The fourth-order valence-corrected chi connectivity index (χ4v) is 1.99. The lowest BCUT2D eigenvalue weighted by atomic mass is 10.1. The number of rotatable bonds is 5. The van der Waals surface area contributed by atoms with E-state index in [9.17, 15) is 5.11 Å². The molecule has 0 unspecified atom stereocenters. The van der Waals surface area contributed by atoms with Gasteiger partial charge in [0.05, 0.1) is 0 Å². The molecular formula is C14H14N6O. The van der Waals surface area contributed by atoms with Crippen molar-refractivity contribution in [3.05, 3.63) is 54.0 Å². The first-order valence-corrected chi connectivity index (χ1v) is 6.53. The number of aromatic nitrogens is 5. The molecule has 1 aromatic carbocycles. The van der Waals surface area contributed by atoms with Gasteiger partial charge in [0, 0.05) is 24.4 Å². The zero-order chi connectivity index (χ0) is 14.5. The fraction of sp³-hybridized carbons (Fsp3) is 0.143. The van der Waals surface area contributed by atoms with Crippen molar-refractivity contribution in [2.75, 3.05) is 5.32 Å². The van der Waals surface area contributed by atoms with E-state index in [2.05, 4.69) is 30.9 Å². The first kappa shape index (κ1) is 13.0. The summed E-state index contributed by atoms with van der Waals surface area (Å²) in [6.07, 6.45) is 3.14. The van der Waals surface area contributed by atoms with Crippen LogP contribution in [0.1, 0.15) is 11.4 Å². The Morgan fingerprint density at radius 2 is 2.10 bits per heavy atom. The molecule has 2 heterocycles. The van der Waals surface area contributed by atoms with E-state index in [1.807, 2.05) is 24.3 Å². The van der Waals surface area contributed by atoms with Gasteiger partial charge in [-0.1, -0.05) is 12.1 Å². The second-order valence-corrected chi connectivity index (χ2v) is 4.57. The molecule has 0 radical (unpaired) electrons. The Balaban J connectivity index is 1.68. The first-order valence-electron chi connectivity index (χ1n) is 6.53. The molecule has 3 aromatic rings. The minimum absolute atomic E-state index is 0.182. The predicted molar refractivity (Wildman–Crippen MR) is 77.2 cm³/mol. The number of anilines is 2. The second-order valence-electron chi connectivity index (χ2n) is 4.57. The maximum atomic E-state index is 9.43. The van der Waals surface area contributed by atoms with Crippen LogP contribution in [-0.2, 0) is 12.8 Å². The summed E-state index contributed by atoms with van der Waals surface area (Å²) in [6.45, 7) is 0. The standard InChI is InChI=1S/C14H14N6O/c21-12-6-7-15-14(9-12)16-11-3-1-2-10(8-11)4-5-13-17-19-20-18-13/h1-3,6-9H,4-5H2,(H2,15,16,21)(H,17,18,19,20). The van der Waals surface area contributed by atoms with Gasteiger partial charge >= 0.3 is 0 Å². The summed E-state index contributed by atoms with van der Waals surface area (Å²) in [5.74, 6) is 1.55. The number of aryl methyl sites for hydroxylation is 2. The van der Waals surface area contributed by atoms with Crippen molar-refractivity contribution in [3.63, 3.8) is 0 Å². The van der Waals surface area contributed by atoms with Gasteiger partial charge in [-0.2, -0.15) is 0 Å². The van der Waals surface area contributed by atoms with Crippen molar-refractivity contribution >= 4 is 11.5 Å². The molecule has 0 fully saturated rings. The summed E-state index contributed by atoms with van der Waals surface area (Å²) in [4.78, 5) is 4.15. The number of pyridine rings is 1. The van der Waals surface area contributed by atoms with E-state index in [-0.39, 0.29) is 5.75 Å². The maximum absolute atomic E-state index is 9.43. The van der Waals surface area contributed by atoms with Crippen LogP contribution >= 0.6 is 0 Å². The monoisotopic (exact) mass is 282 g/mol. The highest BCUT2D eigenvalue weighted by Gasteiger charge is 2.02. The second kappa shape index (κ2) is 6.00. The number of aromatic amines is 1. The molecule has 0 bridgehead atoms. The van der Waals surface area contributed by atoms with Crippen molar-refractivity contribution in [2.24, 2.45) is 0 Å². The van der Waals surface area contributed by atoms with Crippen molar-refractivity contribution in [3.8, 4) is 5.75 Å². The topological polar surface area (TPSA) is 99.6 Å². The van der Waals surface area contributed by atoms with Crippen molar-refractivity contribution < 1.29 is 5.11 Å². The molecule has 0 saturated carbocycles. The molecule has 0 aliphatic heterocycles. The summed E-state index contributed by atoms with van der Waals surface area (Å²) in [7, 11) is 0. The van der Waals surface area contributed by atoms with Crippen LogP contribution in [0.15, 0.2) is 42.6 Å². The Kier molecular flexibility index (Phi) is 3.72. The highest BCUT2D eigenvalue weighted by Crippen LogP contribution is 2.19. The number of nitrogens with zero attached hydrogens (tertiary/aromatic N) is 4. The molecule has 7 heteroatoms. The molecule has 0 spiro atoms. The molecule has 0 saturated heterocycles. The van der Waals surface area contributed by atoms with Crippen molar-refractivity contribution in [1.29, 1.82) is 0 Å². The highest BCUT2D eigenvalue weighted by atomic mass is 16.3. The van der Waals surface area contributed by atoms with Crippen molar-refractivity contribution in [1.82, 2.24) is 25.6 Å². The van der Waals surface area contributed by atoms with E-state index in [1.54, 1.807) is 12.3 Å². The van der Waals surface area contributed by atoms with Gasteiger partial charge in [-0.15, -0.1) is 5.10 Å². The van der Waals surface area contributed by atoms with Gasteiger partial charge in [0.25, 0.3) is 0 Å². The molecule has 0 amide bonds. The van der Waals surface area contributed by atoms with Gasteiger partial charge in [0.2, 0.25) is 0 Å². The van der Waals surface area contributed by atoms with Crippen LogP contribution in [0.5, 0.6) is 5.75 Å². The van der Waals surface area contributed by atoms with Crippen LogP contribution in [0.25, 0.3) is 0 Å².